The van der Waals surface area contributed by atoms with E-state index in [1.807, 2.05) is 31.2 Å². The van der Waals surface area contributed by atoms with Crippen molar-refractivity contribution in [2.45, 2.75) is 51.6 Å². The van der Waals surface area contributed by atoms with E-state index in [0.717, 1.165) is 24.8 Å². The predicted octanol–water partition coefficient (Wildman–Crippen LogP) is 4.77. The molecule has 3 nitrogen and oxygen atoms in total. The first-order valence-electron chi connectivity index (χ1n) is 9.44. The summed E-state index contributed by atoms with van der Waals surface area (Å²) in [6.07, 6.45) is 5.43. The molecule has 0 aromatic heterocycles. The number of benzene rings is 2. The van der Waals surface area contributed by atoms with Gasteiger partial charge in [0.2, 0.25) is 0 Å². The zero-order valence-electron chi connectivity index (χ0n) is 15.5. The zero-order chi connectivity index (χ0) is 18.5. The molecule has 2 aromatic carbocycles. The molecule has 0 saturated heterocycles. The summed E-state index contributed by atoms with van der Waals surface area (Å²) in [6, 6.07) is 17.6. The number of hydrogen-bond donors (Lipinski definition) is 2. The molecule has 2 N–H and O–H groups in total. The van der Waals surface area contributed by atoms with Gasteiger partial charge < -0.3 is 10.4 Å². The highest BCUT2D eigenvalue weighted by molar-refractivity contribution is 5.92. The molecule has 0 radical (unpaired) electrons. The molecule has 26 heavy (non-hydrogen) atoms. The zero-order valence-corrected chi connectivity index (χ0v) is 15.5. The Hall–Kier alpha value is -2.39. The van der Waals surface area contributed by atoms with Crippen molar-refractivity contribution in [3.63, 3.8) is 0 Å². The van der Waals surface area contributed by atoms with E-state index in [1.165, 1.54) is 16.7 Å². The Labute approximate surface area is 155 Å². The molecule has 0 heterocycles. The summed E-state index contributed by atoms with van der Waals surface area (Å²) in [6.45, 7) is 4.10. The normalized spacial score (nSPS) is 18.2. The van der Waals surface area contributed by atoms with Crippen molar-refractivity contribution in [1.82, 2.24) is 5.32 Å². The molecule has 0 unspecified atom stereocenters. The standard InChI is InChI=1S/C23H27NO2/c1-3-17(23(25)26)14-19-10-7-11-20-15-21(12-13-22(19)20)24-16(2)18-8-5-4-6-9-18/h4-11,14,16,21,24H,3,12-13,15H2,1-2H3,(H,25,26)/t16-,21+/m1/s1. The lowest BCUT2D eigenvalue weighted by molar-refractivity contribution is -0.132. The second-order valence-corrected chi connectivity index (χ2v) is 7.05. The summed E-state index contributed by atoms with van der Waals surface area (Å²) in [5.41, 5.74) is 5.49. The van der Waals surface area contributed by atoms with Crippen molar-refractivity contribution in [1.29, 1.82) is 0 Å². The lowest BCUT2D eigenvalue weighted by Gasteiger charge is -2.29. The van der Waals surface area contributed by atoms with Gasteiger partial charge in [-0.25, -0.2) is 4.79 Å². The van der Waals surface area contributed by atoms with Crippen molar-refractivity contribution < 1.29 is 9.90 Å². The van der Waals surface area contributed by atoms with Crippen LogP contribution in [-0.2, 0) is 17.6 Å². The third-order valence-electron chi connectivity index (χ3n) is 5.29. The van der Waals surface area contributed by atoms with Gasteiger partial charge in [-0.1, -0.05) is 55.5 Å². The maximum Gasteiger partial charge on any atom is 0.331 e. The van der Waals surface area contributed by atoms with Gasteiger partial charge in [0.25, 0.3) is 0 Å². The fourth-order valence-corrected chi connectivity index (χ4v) is 3.81. The van der Waals surface area contributed by atoms with Crippen LogP contribution in [0.3, 0.4) is 0 Å². The van der Waals surface area contributed by atoms with E-state index in [9.17, 15) is 9.90 Å². The molecule has 0 saturated carbocycles. The molecule has 0 bridgehead atoms. The lowest BCUT2D eigenvalue weighted by Crippen LogP contribution is -2.36. The van der Waals surface area contributed by atoms with E-state index in [0.29, 0.717) is 24.1 Å². The van der Waals surface area contributed by atoms with Crippen molar-refractivity contribution >= 4 is 12.0 Å². The first-order valence-corrected chi connectivity index (χ1v) is 9.44. The van der Waals surface area contributed by atoms with Crippen LogP contribution in [0, 0.1) is 0 Å². The van der Waals surface area contributed by atoms with Crippen LogP contribution in [0.5, 0.6) is 0 Å². The Bertz CT molecular complexity index is 795. The van der Waals surface area contributed by atoms with Gasteiger partial charge in [0, 0.05) is 17.7 Å². The summed E-state index contributed by atoms with van der Waals surface area (Å²) in [7, 11) is 0. The van der Waals surface area contributed by atoms with Crippen LogP contribution in [0.2, 0.25) is 0 Å². The largest absolute Gasteiger partial charge is 0.478 e. The summed E-state index contributed by atoms with van der Waals surface area (Å²) < 4.78 is 0. The number of aliphatic carboxylic acids is 1. The van der Waals surface area contributed by atoms with Crippen molar-refractivity contribution in [2.75, 3.05) is 0 Å². The van der Waals surface area contributed by atoms with Crippen molar-refractivity contribution in [3.05, 3.63) is 76.4 Å². The predicted molar refractivity (Wildman–Crippen MR) is 106 cm³/mol. The molecule has 0 aliphatic heterocycles. The Kier molecular flexibility index (Phi) is 5.89. The van der Waals surface area contributed by atoms with Crippen LogP contribution >= 0.6 is 0 Å². The Morgan fingerprint density at radius 1 is 1.23 bits per heavy atom. The highest BCUT2D eigenvalue weighted by Crippen LogP contribution is 2.28. The van der Waals surface area contributed by atoms with Gasteiger partial charge in [-0.3, -0.25) is 0 Å². The van der Waals surface area contributed by atoms with Crippen LogP contribution in [0.4, 0.5) is 0 Å². The first-order chi connectivity index (χ1) is 12.6. The molecule has 2 aromatic rings. The average molecular weight is 349 g/mol. The molecule has 2 atom stereocenters. The monoisotopic (exact) mass is 349 g/mol. The summed E-state index contributed by atoms with van der Waals surface area (Å²) in [5, 5.41) is 13.1. The molecular weight excluding hydrogens is 322 g/mol. The van der Waals surface area contributed by atoms with E-state index >= 15 is 0 Å². The minimum Gasteiger partial charge on any atom is -0.478 e. The maximum atomic E-state index is 11.3. The van der Waals surface area contributed by atoms with E-state index in [4.69, 9.17) is 0 Å². The van der Waals surface area contributed by atoms with Gasteiger partial charge in [-0.15, -0.1) is 0 Å². The second-order valence-electron chi connectivity index (χ2n) is 7.05. The van der Waals surface area contributed by atoms with E-state index in [2.05, 4.69) is 42.6 Å². The van der Waals surface area contributed by atoms with Gasteiger partial charge in [-0.2, -0.15) is 0 Å². The minimum absolute atomic E-state index is 0.324. The molecule has 1 aliphatic carbocycles. The van der Waals surface area contributed by atoms with Gasteiger partial charge in [0.1, 0.15) is 0 Å². The Balaban J connectivity index is 1.75. The quantitative estimate of drug-likeness (QED) is 0.738. The highest BCUT2D eigenvalue weighted by atomic mass is 16.4. The summed E-state index contributed by atoms with van der Waals surface area (Å²) in [4.78, 5) is 11.3. The van der Waals surface area contributed by atoms with Crippen LogP contribution in [0.25, 0.3) is 6.08 Å². The smallest absolute Gasteiger partial charge is 0.331 e. The van der Waals surface area contributed by atoms with Crippen molar-refractivity contribution in [3.8, 4) is 0 Å². The highest BCUT2D eigenvalue weighted by Gasteiger charge is 2.22. The van der Waals surface area contributed by atoms with Crippen LogP contribution in [0.15, 0.2) is 54.1 Å². The van der Waals surface area contributed by atoms with E-state index in [1.54, 1.807) is 0 Å². The average Bonchev–Trinajstić information content (AvgIpc) is 2.66. The van der Waals surface area contributed by atoms with Gasteiger partial charge in [-0.05, 0) is 60.9 Å². The second kappa shape index (κ2) is 8.33. The van der Waals surface area contributed by atoms with Crippen LogP contribution < -0.4 is 5.32 Å². The molecule has 0 amide bonds. The third kappa shape index (κ3) is 4.23. The maximum absolute atomic E-state index is 11.3. The number of fused-ring (bicyclic) bond motifs is 1. The first kappa shape index (κ1) is 18.4. The number of carboxylic acid groups (broad SMARTS) is 1. The fraction of sp³-hybridized carbons (Fsp3) is 0.348. The number of carboxylic acids is 1. The van der Waals surface area contributed by atoms with Gasteiger partial charge >= 0.3 is 5.97 Å². The molecule has 3 rings (SSSR count). The number of carbonyl (C=O) groups is 1. The minimum atomic E-state index is -0.822. The molecule has 136 valence electrons. The van der Waals surface area contributed by atoms with Crippen LogP contribution in [0.1, 0.15) is 55.0 Å². The third-order valence-corrected chi connectivity index (χ3v) is 5.29. The van der Waals surface area contributed by atoms with Gasteiger partial charge in [0.05, 0.1) is 0 Å². The van der Waals surface area contributed by atoms with Gasteiger partial charge in [0.15, 0.2) is 0 Å². The Morgan fingerprint density at radius 2 is 2.00 bits per heavy atom. The molecule has 1 aliphatic rings. The number of hydrogen-bond acceptors (Lipinski definition) is 2. The summed E-state index contributed by atoms with van der Waals surface area (Å²) in [5.74, 6) is -0.822. The topological polar surface area (TPSA) is 49.3 Å². The summed E-state index contributed by atoms with van der Waals surface area (Å²) >= 11 is 0. The number of nitrogens with one attached hydrogen (secondary N) is 1. The lowest BCUT2D eigenvalue weighted by atomic mass is 9.84. The molecule has 0 spiro atoms. The molecular formula is C23H27NO2. The van der Waals surface area contributed by atoms with Crippen LogP contribution in [-0.4, -0.2) is 17.1 Å². The Morgan fingerprint density at radius 3 is 2.69 bits per heavy atom. The number of rotatable bonds is 6. The van der Waals surface area contributed by atoms with E-state index < -0.39 is 5.97 Å². The van der Waals surface area contributed by atoms with Crippen molar-refractivity contribution in [2.24, 2.45) is 0 Å². The van der Waals surface area contributed by atoms with E-state index in [-0.39, 0.29) is 0 Å². The molecule has 3 heteroatoms. The SMILES string of the molecule is CCC(=Cc1cccc2c1CC[C@H](N[C@H](C)c1ccccc1)C2)C(=O)O. The molecule has 0 fully saturated rings. The fourth-order valence-electron chi connectivity index (χ4n) is 3.81.